The van der Waals surface area contributed by atoms with E-state index in [2.05, 4.69) is 26.1 Å². The predicted octanol–water partition coefficient (Wildman–Crippen LogP) is 1.63. The van der Waals surface area contributed by atoms with E-state index in [4.69, 9.17) is 20.0 Å². The maximum atomic E-state index is 11.0. The van der Waals surface area contributed by atoms with E-state index >= 15 is 0 Å². The first-order valence-electron chi connectivity index (χ1n) is 3.41. The summed E-state index contributed by atoms with van der Waals surface area (Å²) in [5, 5.41) is 1.48. The van der Waals surface area contributed by atoms with Crippen molar-refractivity contribution in [2.24, 2.45) is 0 Å². The van der Waals surface area contributed by atoms with Gasteiger partial charge in [0.05, 0.1) is 7.11 Å². The second-order valence-corrected chi connectivity index (χ2v) is 7.83. The first kappa shape index (κ1) is 16.1. The molecule has 1 rings (SSSR count). The van der Waals surface area contributed by atoms with E-state index in [9.17, 15) is 9.59 Å². The number of rotatable bonds is 1. The summed E-state index contributed by atoms with van der Waals surface area (Å²) in [7, 11) is 6.01. The normalized spacial score (nSPS) is 23.6. The highest BCUT2D eigenvalue weighted by molar-refractivity contribution is 8.31. The van der Waals surface area contributed by atoms with Gasteiger partial charge in [0, 0.05) is 21.4 Å². The number of carbonyl (C=O) groups is 2. The van der Waals surface area contributed by atoms with Gasteiger partial charge in [-0.1, -0.05) is 23.4 Å². The van der Waals surface area contributed by atoms with Gasteiger partial charge in [-0.25, -0.2) is 4.79 Å². The van der Waals surface area contributed by atoms with Crippen LogP contribution < -0.4 is 0 Å². The number of esters is 1. The molecule has 0 aromatic carbocycles. The molecule has 1 atom stereocenters. The number of allylic oxidation sites excluding steroid dienone is 1. The summed E-state index contributed by atoms with van der Waals surface area (Å²) in [6, 6.07) is 0. The van der Waals surface area contributed by atoms with Crippen LogP contribution in [0.3, 0.4) is 0 Å². The van der Waals surface area contributed by atoms with Gasteiger partial charge in [-0.3, -0.25) is 4.79 Å². The van der Waals surface area contributed by atoms with Crippen LogP contribution in [0.1, 0.15) is 0 Å². The van der Waals surface area contributed by atoms with Crippen molar-refractivity contribution in [3.63, 3.8) is 0 Å². The molecule has 0 fully saturated rings. The van der Waals surface area contributed by atoms with Crippen LogP contribution in [0.5, 0.6) is 0 Å². The molecule has 1 heterocycles. The van der Waals surface area contributed by atoms with E-state index in [0.717, 1.165) is 11.8 Å². The van der Waals surface area contributed by atoms with Crippen LogP contribution in [0, 0.1) is 0 Å². The minimum Gasteiger partial charge on any atom is -0.467 e. The Kier molecular flexibility index (Phi) is 6.13. The minimum absolute atomic E-state index is 0.434. The van der Waals surface area contributed by atoms with Crippen molar-refractivity contribution in [3.05, 3.63) is 11.5 Å². The molecule has 0 spiro atoms. The monoisotopic (exact) mass is 326 g/mol. The molecule has 0 amide bonds. The highest BCUT2D eigenvalue weighted by atomic mass is 36.0. The van der Waals surface area contributed by atoms with Crippen molar-refractivity contribution in [3.8, 4) is 0 Å². The van der Waals surface area contributed by atoms with Crippen molar-refractivity contribution in [1.29, 1.82) is 0 Å². The lowest BCUT2D eigenvalue weighted by atomic mass is 10.3. The van der Waals surface area contributed by atoms with Crippen molar-refractivity contribution < 1.29 is 22.7 Å². The first-order valence-corrected chi connectivity index (χ1v) is 7.81. The molecule has 0 saturated heterocycles. The summed E-state index contributed by atoms with van der Waals surface area (Å²) in [5.74, 6) is -1.16. The molecule has 5 nitrogen and oxygen atoms in total. The zero-order valence-electron chi connectivity index (χ0n) is 7.65. The van der Waals surface area contributed by atoms with Crippen LogP contribution in [-0.2, 0) is 22.6 Å². The largest absolute Gasteiger partial charge is 0.467 e. The van der Waals surface area contributed by atoms with Crippen molar-refractivity contribution in [1.82, 2.24) is 0 Å². The fourth-order valence-electron chi connectivity index (χ4n) is 0.635. The Hall–Kier alpha value is 0.0500. The predicted molar refractivity (Wildman–Crippen MR) is 63.0 cm³/mol. The van der Waals surface area contributed by atoms with Gasteiger partial charge in [0.2, 0.25) is 0 Å². The Morgan fingerprint density at radius 3 is 2.19 bits per heavy atom. The quantitative estimate of drug-likeness (QED) is 0.315. The summed E-state index contributed by atoms with van der Waals surface area (Å²) >= 11 is 6.59. The number of thioether (sulfide) groups is 1. The summed E-state index contributed by atoms with van der Waals surface area (Å²) in [4.78, 5) is 21.9. The zero-order chi connectivity index (χ0) is 13.0. The van der Waals surface area contributed by atoms with E-state index < -0.39 is 24.2 Å². The van der Waals surface area contributed by atoms with Crippen LogP contribution in [0.15, 0.2) is 11.5 Å². The van der Waals surface area contributed by atoms with Crippen molar-refractivity contribution in [2.45, 2.75) is 4.21 Å². The number of halogens is 3. The van der Waals surface area contributed by atoms with E-state index in [-0.39, 0.29) is 0 Å². The first-order chi connectivity index (χ1) is 7.11. The third kappa shape index (κ3) is 5.40. The third-order valence-electron chi connectivity index (χ3n) is 1.21. The number of hydrogen-bond donors (Lipinski definition) is 0. The average molecular weight is 328 g/mol. The highest BCUT2D eigenvalue weighted by Crippen LogP contribution is 2.38. The summed E-state index contributed by atoms with van der Waals surface area (Å²) < 4.78 is 21.1. The van der Waals surface area contributed by atoms with Gasteiger partial charge in [-0.15, -0.1) is 0 Å². The Labute approximate surface area is 110 Å². The number of alkyl halides is 1. The second kappa shape index (κ2) is 6.11. The highest BCUT2D eigenvalue weighted by Gasteiger charge is 2.46. The summed E-state index contributed by atoms with van der Waals surface area (Å²) in [5.41, 5.74) is 0. The van der Waals surface area contributed by atoms with Gasteiger partial charge in [-0.2, -0.15) is 8.42 Å². The maximum Gasteiger partial charge on any atom is 0.345 e. The molecule has 0 N–H and O–H groups in total. The fraction of sp³-hybridized carbons (Fsp3) is 0.333. The smallest absolute Gasteiger partial charge is 0.345 e. The molecule has 0 aromatic rings. The van der Waals surface area contributed by atoms with Crippen LogP contribution >= 0.6 is 44.7 Å². The SMILES string of the molecule is COC(=O)C1(Cl)SC=CC1=O.O=S(=O)(Cl)Cl. The Balaban J connectivity index is 0.000000385. The molecule has 16 heavy (non-hydrogen) atoms. The molecule has 10 heteroatoms. The molecule has 0 aliphatic carbocycles. The second-order valence-electron chi connectivity index (χ2n) is 2.25. The maximum absolute atomic E-state index is 11.0. The molecule has 1 aliphatic heterocycles. The standard InChI is InChI=1S/C6H5ClO3S.Cl2O2S/c1-10-5(9)6(7)4(8)2-3-11-6;1-5(2,3)4/h2-3H,1H3;. The van der Waals surface area contributed by atoms with Crippen molar-refractivity contribution in [2.75, 3.05) is 7.11 Å². The molecule has 0 bridgehead atoms. The van der Waals surface area contributed by atoms with Crippen LogP contribution in [-0.4, -0.2) is 31.5 Å². The van der Waals surface area contributed by atoms with Crippen molar-refractivity contribution >= 4 is 64.7 Å². The number of methoxy groups -OCH3 is 1. The number of carbonyl (C=O) groups excluding carboxylic acids is 2. The van der Waals surface area contributed by atoms with Gasteiger partial charge in [-0.05, 0) is 11.5 Å². The third-order valence-corrected chi connectivity index (χ3v) is 2.79. The molecule has 0 radical (unpaired) electrons. The minimum atomic E-state index is -3.72. The Morgan fingerprint density at radius 2 is 1.94 bits per heavy atom. The summed E-state index contributed by atoms with van der Waals surface area (Å²) in [6.07, 6.45) is 1.26. The lowest BCUT2D eigenvalue weighted by molar-refractivity contribution is -0.143. The fourth-order valence-corrected chi connectivity index (χ4v) is 1.67. The molecule has 0 saturated carbocycles. The van der Waals surface area contributed by atoms with E-state index in [0.29, 0.717) is 0 Å². The lowest BCUT2D eigenvalue weighted by Gasteiger charge is -2.13. The van der Waals surface area contributed by atoms with Gasteiger partial charge < -0.3 is 4.74 Å². The van der Waals surface area contributed by atoms with E-state index in [1.54, 1.807) is 0 Å². The molecule has 1 aliphatic rings. The molecular weight excluding hydrogens is 323 g/mol. The van der Waals surface area contributed by atoms with E-state index in [1.807, 2.05) is 0 Å². The van der Waals surface area contributed by atoms with Gasteiger partial charge in [0.25, 0.3) is 4.21 Å². The molecular formula is C6H5Cl3O5S2. The lowest BCUT2D eigenvalue weighted by Crippen LogP contribution is -2.35. The van der Waals surface area contributed by atoms with Gasteiger partial charge in [0.15, 0.2) is 5.78 Å². The molecule has 0 aromatic heterocycles. The molecule has 92 valence electrons. The van der Waals surface area contributed by atoms with Crippen LogP contribution in [0.4, 0.5) is 0 Å². The number of ketones is 1. The number of ether oxygens (including phenoxy) is 1. The Morgan fingerprint density at radius 1 is 1.50 bits per heavy atom. The van der Waals surface area contributed by atoms with Crippen LogP contribution in [0.25, 0.3) is 0 Å². The summed E-state index contributed by atoms with van der Waals surface area (Å²) in [6.45, 7) is 0. The van der Waals surface area contributed by atoms with Gasteiger partial charge >= 0.3 is 14.2 Å². The van der Waals surface area contributed by atoms with E-state index in [1.165, 1.54) is 18.6 Å². The number of hydrogen-bond acceptors (Lipinski definition) is 6. The Bertz CT molecular complexity index is 410. The molecule has 1 unspecified atom stereocenters. The van der Waals surface area contributed by atoms with Gasteiger partial charge in [0.1, 0.15) is 0 Å². The average Bonchev–Trinajstić information content (AvgIpc) is 2.44. The zero-order valence-corrected chi connectivity index (χ0v) is 11.5. The van der Waals surface area contributed by atoms with Crippen LogP contribution in [0.2, 0.25) is 0 Å². The topological polar surface area (TPSA) is 77.5 Å².